The highest BCUT2D eigenvalue weighted by Crippen LogP contribution is 2.60. The van der Waals surface area contributed by atoms with Crippen molar-refractivity contribution in [3.63, 3.8) is 0 Å². The summed E-state index contributed by atoms with van der Waals surface area (Å²) in [5, 5.41) is 8.76. The summed E-state index contributed by atoms with van der Waals surface area (Å²) in [5.74, 6) is -1.82. The number of esters is 1. The molecular weight excluding hydrogens is 356 g/mol. The smallest absolute Gasteiger partial charge is 0.308 e. The molecule has 4 aliphatic heterocycles. The van der Waals surface area contributed by atoms with Crippen LogP contribution in [-0.2, 0) is 33.6 Å². The Morgan fingerprint density at radius 3 is 2.63 bits per heavy atom. The maximum absolute atomic E-state index is 12.1. The molecule has 0 aromatic rings. The first kappa shape index (κ1) is 19.1. The van der Waals surface area contributed by atoms with Gasteiger partial charge < -0.3 is 19.3 Å². The van der Waals surface area contributed by atoms with Crippen LogP contribution in [-0.4, -0.2) is 41.0 Å². The first-order valence-electron chi connectivity index (χ1n) is 9.86. The average Bonchev–Trinajstić information content (AvgIpc) is 2.84. The Kier molecular flexibility index (Phi) is 4.73. The summed E-state index contributed by atoms with van der Waals surface area (Å²) < 4.78 is 17.8. The lowest BCUT2D eigenvalue weighted by Gasteiger charge is -2.59. The van der Waals surface area contributed by atoms with E-state index in [1.54, 1.807) is 0 Å². The highest BCUT2D eigenvalue weighted by molar-refractivity contribution is 5.76. The normalized spacial score (nSPS) is 48.4. The molecule has 4 heterocycles. The van der Waals surface area contributed by atoms with Crippen LogP contribution in [0.25, 0.3) is 0 Å². The fourth-order valence-electron chi connectivity index (χ4n) is 5.40. The summed E-state index contributed by atoms with van der Waals surface area (Å²) in [5.41, 5.74) is -0.697. The molecule has 8 heteroatoms. The van der Waals surface area contributed by atoms with Crippen molar-refractivity contribution in [1.29, 1.82) is 0 Å². The molecule has 0 amide bonds. The van der Waals surface area contributed by atoms with Crippen LogP contribution in [0.1, 0.15) is 59.3 Å². The van der Waals surface area contributed by atoms with Gasteiger partial charge in [0.2, 0.25) is 12.1 Å². The lowest BCUT2D eigenvalue weighted by molar-refractivity contribution is -0.576. The fourth-order valence-corrected chi connectivity index (χ4v) is 5.40. The zero-order chi connectivity index (χ0) is 19.4. The van der Waals surface area contributed by atoms with Crippen LogP contribution in [0.4, 0.5) is 0 Å². The monoisotopic (exact) mass is 384 g/mol. The van der Waals surface area contributed by atoms with E-state index in [-0.39, 0.29) is 30.6 Å². The summed E-state index contributed by atoms with van der Waals surface area (Å²) in [6.07, 6.45) is 1.72. The van der Waals surface area contributed by atoms with Crippen LogP contribution in [0.15, 0.2) is 0 Å². The van der Waals surface area contributed by atoms with Gasteiger partial charge in [0.15, 0.2) is 11.9 Å². The summed E-state index contributed by atoms with van der Waals surface area (Å²) >= 11 is 0. The largest absolute Gasteiger partial charge is 0.481 e. The summed E-state index contributed by atoms with van der Waals surface area (Å²) in [6, 6.07) is 0. The van der Waals surface area contributed by atoms with Crippen molar-refractivity contribution in [1.82, 2.24) is 0 Å². The van der Waals surface area contributed by atoms with Gasteiger partial charge in [0, 0.05) is 18.3 Å². The predicted octanol–water partition coefficient (Wildman–Crippen LogP) is 2.60. The number of rotatable bonds is 4. The lowest BCUT2D eigenvalue weighted by atomic mass is 9.58. The van der Waals surface area contributed by atoms with Gasteiger partial charge in [0.25, 0.3) is 0 Å². The molecule has 8 nitrogen and oxygen atoms in total. The van der Waals surface area contributed by atoms with E-state index < -0.39 is 35.9 Å². The van der Waals surface area contributed by atoms with E-state index in [2.05, 4.69) is 6.92 Å². The second-order valence-corrected chi connectivity index (χ2v) is 8.66. The average molecular weight is 384 g/mol. The molecule has 0 aromatic carbocycles. The molecule has 4 saturated heterocycles. The highest BCUT2D eigenvalue weighted by Gasteiger charge is 2.69. The Hall–Kier alpha value is -1.22. The van der Waals surface area contributed by atoms with Gasteiger partial charge in [-0.25, -0.2) is 9.78 Å². The van der Waals surface area contributed by atoms with Crippen molar-refractivity contribution in [3.8, 4) is 0 Å². The number of carbonyl (C=O) groups is 2. The maximum atomic E-state index is 12.1. The minimum atomic E-state index is -1.03. The van der Waals surface area contributed by atoms with Gasteiger partial charge >= 0.3 is 11.9 Å². The van der Waals surface area contributed by atoms with Crippen molar-refractivity contribution < 1.29 is 38.7 Å². The number of carboxylic acids is 1. The molecule has 2 bridgehead atoms. The molecule has 0 aromatic heterocycles. The third-order valence-electron chi connectivity index (χ3n) is 6.89. The first-order chi connectivity index (χ1) is 12.7. The minimum absolute atomic E-state index is 0.0670. The van der Waals surface area contributed by atoms with Crippen LogP contribution >= 0.6 is 0 Å². The molecular formula is C19H28O8. The summed E-state index contributed by atoms with van der Waals surface area (Å²) in [6.45, 7) is 6.06. The number of carboxylic acid groups (broad SMARTS) is 1. The quantitative estimate of drug-likeness (QED) is 0.583. The number of carbonyl (C=O) groups excluding carboxylic acids is 1. The molecule has 1 spiro atoms. The third-order valence-corrected chi connectivity index (χ3v) is 6.89. The Balaban J connectivity index is 1.58. The van der Waals surface area contributed by atoms with E-state index in [0.29, 0.717) is 12.3 Å². The predicted molar refractivity (Wildman–Crippen MR) is 89.8 cm³/mol. The highest BCUT2D eigenvalue weighted by atomic mass is 17.3. The number of hydrogen-bond acceptors (Lipinski definition) is 7. The molecule has 27 heavy (non-hydrogen) atoms. The Labute approximate surface area is 158 Å². The summed E-state index contributed by atoms with van der Waals surface area (Å²) in [4.78, 5) is 34.5. The Morgan fingerprint density at radius 2 is 1.89 bits per heavy atom. The molecule has 1 N–H and O–H groups in total. The third kappa shape index (κ3) is 3.06. The van der Waals surface area contributed by atoms with E-state index in [1.165, 1.54) is 0 Å². The van der Waals surface area contributed by atoms with Gasteiger partial charge in [0.05, 0.1) is 12.8 Å². The van der Waals surface area contributed by atoms with E-state index in [1.807, 2.05) is 13.8 Å². The SMILES string of the molecule is CC1CC[C@H]2[C@@H](C)[C@H](OC(=O)CCC(=O)O)O[C@@H]3OC4(C)CC[C@@H]1C32OO4. The molecule has 1 saturated carbocycles. The molecule has 1 aliphatic carbocycles. The Morgan fingerprint density at radius 1 is 1.11 bits per heavy atom. The van der Waals surface area contributed by atoms with E-state index in [0.717, 1.165) is 19.3 Å². The number of hydrogen-bond donors (Lipinski definition) is 1. The van der Waals surface area contributed by atoms with Gasteiger partial charge in [-0.05, 0) is 38.0 Å². The lowest BCUT2D eigenvalue weighted by Crippen LogP contribution is -2.70. The first-order valence-corrected chi connectivity index (χ1v) is 9.86. The molecule has 8 atom stereocenters. The molecule has 5 fully saturated rings. The molecule has 0 radical (unpaired) electrons. The van der Waals surface area contributed by atoms with Gasteiger partial charge in [-0.1, -0.05) is 13.8 Å². The van der Waals surface area contributed by atoms with Crippen molar-refractivity contribution >= 4 is 11.9 Å². The van der Waals surface area contributed by atoms with Crippen molar-refractivity contribution in [2.45, 2.75) is 83.3 Å². The molecule has 5 aliphatic rings. The van der Waals surface area contributed by atoms with Crippen molar-refractivity contribution in [3.05, 3.63) is 0 Å². The van der Waals surface area contributed by atoms with Crippen LogP contribution < -0.4 is 0 Å². The summed E-state index contributed by atoms with van der Waals surface area (Å²) in [7, 11) is 0. The molecule has 5 rings (SSSR count). The number of aliphatic carboxylic acids is 1. The maximum Gasteiger partial charge on any atom is 0.308 e. The standard InChI is InChI=1S/C19H28O8/c1-10-4-5-13-11(2)16(23-15(22)7-6-14(20)21)24-17-19(13)12(10)8-9-18(3,25-17)26-27-19/h10-13,16-17H,4-9H2,1-3H3,(H,20,21)/t10?,11-,12+,13+,16-,17-,18?,19?/m1/s1. The number of ether oxygens (including phenoxy) is 3. The van der Waals surface area contributed by atoms with Gasteiger partial charge in [-0.3, -0.25) is 9.59 Å². The second kappa shape index (κ2) is 6.69. The van der Waals surface area contributed by atoms with Gasteiger partial charge in [-0.15, -0.1) is 0 Å². The van der Waals surface area contributed by atoms with E-state index in [4.69, 9.17) is 29.1 Å². The zero-order valence-corrected chi connectivity index (χ0v) is 16.0. The van der Waals surface area contributed by atoms with Crippen LogP contribution in [0, 0.1) is 23.7 Å². The fraction of sp³-hybridized carbons (Fsp3) is 0.895. The Bertz CT molecular complexity index is 623. The van der Waals surface area contributed by atoms with Crippen molar-refractivity contribution in [2.24, 2.45) is 23.7 Å². The topological polar surface area (TPSA) is 101 Å². The van der Waals surface area contributed by atoms with Crippen LogP contribution in [0.5, 0.6) is 0 Å². The van der Waals surface area contributed by atoms with E-state index in [9.17, 15) is 9.59 Å². The zero-order valence-electron chi connectivity index (χ0n) is 16.0. The number of fused-ring (bicyclic) bond motifs is 2. The van der Waals surface area contributed by atoms with Crippen LogP contribution in [0.2, 0.25) is 0 Å². The van der Waals surface area contributed by atoms with Crippen molar-refractivity contribution in [2.75, 3.05) is 0 Å². The van der Waals surface area contributed by atoms with Gasteiger partial charge in [0.1, 0.15) is 0 Å². The molecule has 3 unspecified atom stereocenters. The van der Waals surface area contributed by atoms with Gasteiger partial charge in [-0.2, -0.15) is 0 Å². The van der Waals surface area contributed by atoms with E-state index >= 15 is 0 Å². The second-order valence-electron chi connectivity index (χ2n) is 8.66. The van der Waals surface area contributed by atoms with Crippen LogP contribution in [0.3, 0.4) is 0 Å². The molecule has 152 valence electrons. The minimum Gasteiger partial charge on any atom is -0.481 e.